The van der Waals surface area contributed by atoms with Gasteiger partial charge in [-0.2, -0.15) is 0 Å². The fraction of sp³-hybridized carbons (Fsp3) is 0.722. The Morgan fingerprint density at radius 3 is 2.92 bits per heavy atom. The van der Waals surface area contributed by atoms with Gasteiger partial charge in [0, 0.05) is 26.4 Å². The molecular formula is C18H28N4O3. The first kappa shape index (κ1) is 18.1. The Kier molecular flexibility index (Phi) is 5.86. The molecule has 1 aliphatic carbocycles. The van der Waals surface area contributed by atoms with Gasteiger partial charge >= 0.3 is 0 Å². The van der Waals surface area contributed by atoms with Gasteiger partial charge in [0.25, 0.3) is 0 Å². The van der Waals surface area contributed by atoms with Crippen LogP contribution in [-0.2, 0) is 9.53 Å². The highest BCUT2D eigenvalue weighted by atomic mass is 16.5. The predicted molar refractivity (Wildman–Crippen MR) is 94.2 cm³/mol. The maximum Gasteiger partial charge on any atom is 0.222 e. The van der Waals surface area contributed by atoms with Crippen LogP contribution >= 0.6 is 0 Å². The molecule has 25 heavy (non-hydrogen) atoms. The summed E-state index contributed by atoms with van der Waals surface area (Å²) >= 11 is 0. The third kappa shape index (κ3) is 4.67. The number of amides is 1. The standard InChI is InChI=1S/C18H28N4O3/c1-25-15-9-14(22(12-15)16-5-8-19-13-21-16)11-20-17(23)10-18(24)6-3-2-4-7-18/h5,8,13-15,24H,2-4,6-7,9-12H2,1H3,(H,20,23)/t14-,15-/m1/s1. The summed E-state index contributed by atoms with van der Waals surface area (Å²) in [6.45, 7) is 1.27. The number of methoxy groups -OCH3 is 1. The van der Waals surface area contributed by atoms with Crippen LogP contribution in [0.25, 0.3) is 0 Å². The zero-order valence-corrected chi connectivity index (χ0v) is 14.9. The molecule has 1 amide bonds. The van der Waals surface area contributed by atoms with Crippen LogP contribution in [0.4, 0.5) is 5.82 Å². The number of anilines is 1. The number of hydrogen-bond donors (Lipinski definition) is 2. The summed E-state index contributed by atoms with van der Waals surface area (Å²) < 4.78 is 5.50. The lowest BCUT2D eigenvalue weighted by Gasteiger charge is -2.32. The van der Waals surface area contributed by atoms with Crippen LogP contribution in [0.2, 0.25) is 0 Å². The van der Waals surface area contributed by atoms with Crippen LogP contribution in [0.15, 0.2) is 18.6 Å². The third-order valence-corrected chi connectivity index (χ3v) is 5.38. The first-order valence-corrected chi connectivity index (χ1v) is 9.14. The highest BCUT2D eigenvalue weighted by Gasteiger charge is 2.35. The van der Waals surface area contributed by atoms with Crippen LogP contribution in [0.3, 0.4) is 0 Å². The second kappa shape index (κ2) is 8.10. The Balaban J connectivity index is 1.55. The van der Waals surface area contributed by atoms with Crippen molar-refractivity contribution in [2.45, 2.75) is 62.7 Å². The van der Waals surface area contributed by atoms with E-state index in [0.29, 0.717) is 6.54 Å². The number of rotatable bonds is 6. The van der Waals surface area contributed by atoms with Crippen molar-refractivity contribution in [3.05, 3.63) is 18.6 Å². The lowest BCUT2D eigenvalue weighted by atomic mass is 9.82. The molecule has 7 heteroatoms. The van der Waals surface area contributed by atoms with Gasteiger partial charge in [-0.1, -0.05) is 19.3 Å². The highest BCUT2D eigenvalue weighted by Crippen LogP contribution is 2.31. The highest BCUT2D eigenvalue weighted by molar-refractivity contribution is 5.77. The molecular weight excluding hydrogens is 320 g/mol. The summed E-state index contributed by atoms with van der Waals surface area (Å²) in [5.41, 5.74) is -0.820. The second-order valence-corrected chi connectivity index (χ2v) is 7.23. The molecule has 2 fully saturated rings. The molecule has 1 saturated heterocycles. The van der Waals surface area contributed by atoms with Gasteiger partial charge in [0.05, 0.1) is 24.2 Å². The van der Waals surface area contributed by atoms with Crippen LogP contribution in [-0.4, -0.2) is 58.9 Å². The molecule has 2 aliphatic rings. The van der Waals surface area contributed by atoms with E-state index in [-0.39, 0.29) is 24.5 Å². The van der Waals surface area contributed by atoms with Gasteiger partial charge in [-0.05, 0) is 25.3 Å². The zero-order valence-electron chi connectivity index (χ0n) is 14.9. The monoisotopic (exact) mass is 348 g/mol. The molecule has 0 radical (unpaired) electrons. The van der Waals surface area contributed by atoms with E-state index in [4.69, 9.17) is 4.74 Å². The lowest BCUT2D eigenvalue weighted by Crippen LogP contribution is -2.43. The van der Waals surface area contributed by atoms with E-state index in [9.17, 15) is 9.90 Å². The summed E-state index contributed by atoms with van der Waals surface area (Å²) in [6.07, 6.45) is 9.02. The number of ether oxygens (including phenoxy) is 1. The predicted octanol–water partition coefficient (Wildman–Crippen LogP) is 1.27. The van der Waals surface area contributed by atoms with Crippen molar-refractivity contribution in [1.29, 1.82) is 0 Å². The second-order valence-electron chi connectivity index (χ2n) is 7.23. The Morgan fingerprint density at radius 1 is 1.44 bits per heavy atom. The lowest BCUT2D eigenvalue weighted by molar-refractivity contribution is -0.127. The SMILES string of the molecule is CO[C@@H]1C[C@H](CNC(=O)CC2(O)CCCCC2)N(c2ccncn2)C1. The van der Waals surface area contributed by atoms with Gasteiger partial charge in [0.2, 0.25) is 5.91 Å². The molecule has 0 bridgehead atoms. The van der Waals surface area contributed by atoms with E-state index >= 15 is 0 Å². The summed E-state index contributed by atoms with van der Waals surface area (Å²) in [5.74, 6) is 0.771. The van der Waals surface area contributed by atoms with E-state index in [1.807, 2.05) is 6.07 Å². The Morgan fingerprint density at radius 2 is 2.24 bits per heavy atom. The molecule has 7 nitrogen and oxygen atoms in total. The van der Waals surface area contributed by atoms with Crippen LogP contribution in [0, 0.1) is 0 Å². The van der Waals surface area contributed by atoms with Crippen molar-refractivity contribution < 1.29 is 14.6 Å². The number of hydrogen-bond acceptors (Lipinski definition) is 6. The Hall–Kier alpha value is -1.73. The first-order chi connectivity index (χ1) is 12.1. The Bertz CT molecular complexity index is 563. The topological polar surface area (TPSA) is 87.6 Å². The molecule has 1 aromatic rings. The molecule has 2 heterocycles. The minimum Gasteiger partial charge on any atom is -0.389 e. The number of carbonyl (C=O) groups is 1. The quantitative estimate of drug-likeness (QED) is 0.805. The van der Waals surface area contributed by atoms with Gasteiger partial charge in [0.15, 0.2) is 0 Å². The molecule has 0 spiro atoms. The van der Waals surface area contributed by atoms with Gasteiger partial charge in [-0.3, -0.25) is 4.79 Å². The van der Waals surface area contributed by atoms with Gasteiger partial charge in [-0.25, -0.2) is 9.97 Å². The fourth-order valence-electron chi connectivity index (χ4n) is 3.95. The van der Waals surface area contributed by atoms with Crippen molar-refractivity contribution in [3.63, 3.8) is 0 Å². The van der Waals surface area contributed by atoms with Crippen molar-refractivity contribution >= 4 is 11.7 Å². The maximum absolute atomic E-state index is 12.3. The van der Waals surface area contributed by atoms with Gasteiger partial charge in [-0.15, -0.1) is 0 Å². The molecule has 0 unspecified atom stereocenters. The van der Waals surface area contributed by atoms with E-state index < -0.39 is 5.60 Å². The smallest absolute Gasteiger partial charge is 0.222 e. The maximum atomic E-state index is 12.3. The van der Waals surface area contributed by atoms with E-state index in [1.54, 1.807) is 13.3 Å². The summed E-state index contributed by atoms with van der Waals surface area (Å²) in [5, 5.41) is 13.5. The minimum absolute atomic E-state index is 0.0760. The fourth-order valence-corrected chi connectivity index (χ4v) is 3.95. The number of nitrogens with zero attached hydrogens (tertiary/aromatic N) is 3. The van der Waals surface area contributed by atoms with E-state index in [0.717, 1.165) is 50.9 Å². The average molecular weight is 348 g/mol. The number of nitrogens with one attached hydrogen (secondary N) is 1. The molecule has 1 saturated carbocycles. The van der Waals surface area contributed by atoms with E-state index in [1.165, 1.54) is 6.33 Å². The zero-order chi connectivity index (χ0) is 17.7. The molecule has 138 valence electrons. The molecule has 1 aromatic heterocycles. The van der Waals surface area contributed by atoms with Crippen LogP contribution in [0.5, 0.6) is 0 Å². The minimum atomic E-state index is -0.820. The largest absolute Gasteiger partial charge is 0.389 e. The Labute approximate surface area is 148 Å². The van der Waals surface area contributed by atoms with Crippen molar-refractivity contribution in [1.82, 2.24) is 15.3 Å². The number of aromatic nitrogens is 2. The molecule has 2 N–H and O–H groups in total. The third-order valence-electron chi connectivity index (χ3n) is 5.38. The van der Waals surface area contributed by atoms with Crippen molar-refractivity contribution in [2.75, 3.05) is 25.1 Å². The molecule has 0 aromatic carbocycles. The summed E-state index contributed by atoms with van der Waals surface area (Å²) in [7, 11) is 1.71. The summed E-state index contributed by atoms with van der Waals surface area (Å²) in [6, 6.07) is 2.00. The number of carbonyl (C=O) groups excluding carboxylic acids is 1. The van der Waals surface area contributed by atoms with Crippen LogP contribution < -0.4 is 10.2 Å². The summed E-state index contributed by atoms with van der Waals surface area (Å²) in [4.78, 5) is 22.8. The molecule has 2 atom stereocenters. The molecule has 1 aliphatic heterocycles. The normalized spacial score (nSPS) is 25.8. The average Bonchev–Trinajstić information content (AvgIpc) is 3.04. The van der Waals surface area contributed by atoms with Crippen molar-refractivity contribution in [3.8, 4) is 0 Å². The van der Waals surface area contributed by atoms with Crippen LogP contribution in [0.1, 0.15) is 44.9 Å². The van der Waals surface area contributed by atoms with E-state index in [2.05, 4.69) is 20.2 Å². The first-order valence-electron chi connectivity index (χ1n) is 9.14. The van der Waals surface area contributed by atoms with Gasteiger partial charge < -0.3 is 20.1 Å². The van der Waals surface area contributed by atoms with Crippen molar-refractivity contribution in [2.24, 2.45) is 0 Å². The van der Waals surface area contributed by atoms with Gasteiger partial charge in [0.1, 0.15) is 12.1 Å². The molecule has 3 rings (SSSR count). The number of aliphatic hydroxyl groups is 1.